The van der Waals surface area contributed by atoms with Gasteiger partial charge in [0.1, 0.15) is 0 Å². The molecule has 2 aromatic rings. The Morgan fingerprint density at radius 3 is 2.26 bits per heavy atom. The summed E-state index contributed by atoms with van der Waals surface area (Å²) in [6.45, 7) is 4.64. The maximum Gasteiger partial charge on any atom is 0.236 e. The zero-order valence-electron chi connectivity index (χ0n) is 16.1. The maximum atomic E-state index is 12.3. The van der Waals surface area contributed by atoms with Crippen molar-refractivity contribution in [2.24, 2.45) is 0 Å². The molecule has 1 aliphatic heterocycles. The number of hydrogen-bond donors (Lipinski definition) is 1. The van der Waals surface area contributed by atoms with E-state index in [9.17, 15) is 9.59 Å². The normalized spacial score (nSPS) is 15.6. The first-order valence-electron chi connectivity index (χ1n) is 9.41. The summed E-state index contributed by atoms with van der Waals surface area (Å²) in [6.07, 6.45) is 0. The first-order valence-corrected chi connectivity index (χ1v) is 9.41. The van der Waals surface area contributed by atoms with Crippen LogP contribution in [0.3, 0.4) is 0 Å². The number of fused-ring (bicyclic) bond motifs is 1. The summed E-state index contributed by atoms with van der Waals surface area (Å²) in [6, 6.07) is 14.4. The second kappa shape index (κ2) is 8.97. The highest BCUT2D eigenvalue weighted by Gasteiger charge is 2.21. The summed E-state index contributed by atoms with van der Waals surface area (Å²) in [5.41, 5.74) is 1.13. The maximum absolute atomic E-state index is 12.3. The lowest BCUT2D eigenvalue weighted by molar-refractivity contribution is -0.131. The van der Waals surface area contributed by atoms with Crippen molar-refractivity contribution < 1.29 is 9.59 Å². The lowest BCUT2D eigenvalue weighted by atomic mass is 10.0. The molecule has 1 N–H and O–H groups in total. The van der Waals surface area contributed by atoms with Gasteiger partial charge in [0.25, 0.3) is 0 Å². The number of carbonyl (C=O) groups is 2. The Bertz CT molecular complexity index is 792. The topological polar surface area (TPSA) is 55.9 Å². The minimum absolute atomic E-state index is 0.0424. The number of nitrogens with zero attached hydrogens (tertiary/aromatic N) is 3. The van der Waals surface area contributed by atoms with E-state index in [1.165, 1.54) is 10.8 Å². The van der Waals surface area contributed by atoms with Gasteiger partial charge in [0.05, 0.1) is 13.1 Å². The highest BCUT2D eigenvalue weighted by atomic mass is 16.2. The van der Waals surface area contributed by atoms with Crippen LogP contribution in [0, 0.1) is 0 Å². The van der Waals surface area contributed by atoms with Crippen LogP contribution in [0.25, 0.3) is 10.8 Å². The Morgan fingerprint density at radius 2 is 1.56 bits per heavy atom. The third kappa shape index (κ3) is 5.28. The van der Waals surface area contributed by atoms with Gasteiger partial charge in [-0.3, -0.25) is 19.4 Å². The molecule has 144 valence electrons. The summed E-state index contributed by atoms with van der Waals surface area (Å²) >= 11 is 0. The minimum Gasteiger partial charge on any atom is -0.351 e. The van der Waals surface area contributed by atoms with Crippen LogP contribution in [0.5, 0.6) is 0 Å². The van der Waals surface area contributed by atoms with Gasteiger partial charge in [-0.2, -0.15) is 0 Å². The molecule has 27 heavy (non-hydrogen) atoms. The van der Waals surface area contributed by atoms with Crippen LogP contribution in [-0.4, -0.2) is 79.9 Å². The Morgan fingerprint density at radius 1 is 0.926 bits per heavy atom. The van der Waals surface area contributed by atoms with E-state index in [2.05, 4.69) is 39.4 Å². The molecule has 0 spiro atoms. The molecule has 0 bridgehead atoms. The van der Waals surface area contributed by atoms with Crippen molar-refractivity contribution in [3.63, 3.8) is 0 Å². The van der Waals surface area contributed by atoms with Crippen LogP contribution < -0.4 is 5.32 Å². The second-order valence-electron chi connectivity index (χ2n) is 7.26. The molecule has 0 aromatic heterocycles. The van der Waals surface area contributed by atoms with Gasteiger partial charge >= 0.3 is 0 Å². The molecular weight excluding hydrogens is 340 g/mol. The molecule has 3 rings (SSSR count). The number of amides is 2. The van der Waals surface area contributed by atoms with Crippen molar-refractivity contribution in [2.45, 2.75) is 6.54 Å². The Labute approximate surface area is 160 Å². The average Bonchev–Trinajstić information content (AvgIpc) is 2.67. The fraction of sp³-hybridized carbons (Fsp3) is 0.429. The lowest BCUT2D eigenvalue weighted by Gasteiger charge is -2.34. The molecule has 0 saturated carbocycles. The van der Waals surface area contributed by atoms with Gasteiger partial charge in [-0.1, -0.05) is 42.5 Å². The Hall–Kier alpha value is -2.44. The fourth-order valence-electron chi connectivity index (χ4n) is 3.34. The van der Waals surface area contributed by atoms with Gasteiger partial charge in [-0.15, -0.1) is 0 Å². The van der Waals surface area contributed by atoms with Gasteiger partial charge in [0, 0.05) is 46.8 Å². The monoisotopic (exact) mass is 368 g/mol. The molecule has 1 heterocycles. The summed E-state index contributed by atoms with van der Waals surface area (Å²) < 4.78 is 0. The molecule has 2 aromatic carbocycles. The van der Waals surface area contributed by atoms with Crippen molar-refractivity contribution in [3.8, 4) is 0 Å². The van der Waals surface area contributed by atoms with Crippen molar-refractivity contribution in [1.29, 1.82) is 0 Å². The third-order valence-corrected chi connectivity index (χ3v) is 5.05. The molecular formula is C21H28N4O2. The molecule has 1 aliphatic rings. The van der Waals surface area contributed by atoms with Crippen molar-refractivity contribution in [2.75, 3.05) is 53.4 Å². The van der Waals surface area contributed by atoms with Gasteiger partial charge in [-0.05, 0) is 16.3 Å². The molecule has 6 nitrogen and oxygen atoms in total. The molecule has 2 amide bonds. The van der Waals surface area contributed by atoms with E-state index >= 15 is 0 Å². The van der Waals surface area contributed by atoms with E-state index < -0.39 is 0 Å². The van der Waals surface area contributed by atoms with Crippen molar-refractivity contribution in [3.05, 3.63) is 48.0 Å². The van der Waals surface area contributed by atoms with Crippen LogP contribution in [-0.2, 0) is 16.1 Å². The van der Waals surface area contributed by atoms with E-state index in [0.717, 1.165) is 31.7 Å². The van der Waals surface area contributed by atoms with E-state index in [1.807, 2.05) is 18.2 Å². The number of hydrogen-bond acceptors (Lipinski definition) is 4. The molecule has 0 aliphatic carbocycles. The Balaban J connectivity index is 1.44. The number of nitrogens with one attached hydrogen (secondary N) is 1. The molecule has 0 radical (unpaired) electrons. The van der Waals surface area contributed by atoms with Crippen molar-refractivity contribution >= 4 is 22.6 Å². The molecule has 0 unspecified atom stereocenters. The third-order valence-electron chi connectivity index (χ3n) is 5.05. The highest BCUT2D eigenvalue weighted by molar-refractivity contribution is 5.86. The van der Waals surface area contributed by atoms with Crippen LogP contribution >= 0.6 is 0 Å². The summed E-state index contributed by atoms with van der Waals surface area (Å²) in [5.74, 6) is 0.164. The first-order chi connectivity index (χ1) is 13.0. The zero-order chi connectivity index (χ0) is 19.2. The average molecular weight is 368 g/mol. The summed E-state index contributed by atoms with van der Waals surface area (Å²) in [7, 11) is 3.55. The number of likely N-dealkylation sites (N-methyl/N-ethyl adjacent to an activating group) is 1. The minimum atomic E-state index is 0.0424. The molecule has 1 fully saturated rings. The molecule has 0 atom stereocenters. The summed E-state index contributed by atoms with van der Waals surface area (Å²) in [5, 5.41) is 5.41. The van der Waals surface area contributed by atoms with Gasteiger partial charge in [0.2, 0.25) is 11.8 Å². The van der Waals surface area contributed by atoms with E-state index in [0.29, 0.717) is 19.6 Å². The van der Waals surface area contributed by atoms with Crippen LogP contribution in [0.1, 0.15) is 5.56 Å². The number of carbonyl (C=O) groups excluding carboxylic acids is 2. The summed E-state index contributed by atoms with van der Waals surface area (Å²) in [4.78, 5) is 30.0. The van der Waals surface area contributed by atoms with Crippen LogP contribution in [0.2, 0.25) is 0 Å². The van der Waals surface area contributed by atoms with Gasteiger partial charge in [0.15, 0.2) is 0 Å². The number of benzene rings is 2. The predicted molar refractivity (Wildman–Crippen MR) is 107 cm³/mol. The predicted octanol–water partition coefficient (Wildman–Crippen LogP) is 1.16. The fourth-order valence-corrected chi connectivity index (χ4v) is 3.34. The van der Waals surface area contributed by atoms with Crippen LogP contribution in [0.4, 0.5) is 0 Å². The second-order valence-corrected chi connectivity index (χ2v) is 7.26. The van der Waals surface area contributed by atoms with E-state index in [4.69, 9.17) is 0 Å². The SMILES string of the molecule is CN(C)C(=O)CN1CCN(CC(=O)NCc2cccc3ccccc23)CC1. The zero-order valence-corrected chi connectivity index (χ0v) is 16.1. The lowest BCUT2D eigenvalue weighted by Crippen LogP contribution is -2.51. The largest absolute Gasteiger partial charge is 0.351 e. The standard InChI is InChI=1S/C21H28N4O2/c1-23(2)21(27)16-25-12-10-24(11-13-25)15-20(26)22-14-18-8-5-7-17-6-3-4-9-19(17)18/h3-9H,10-16H2,1-2H3,(H,22,26). The molecule has 1 saturated heterocycles. The Kier molecular flexibility index (Phi) is 6.42. The first kappa shape index (κ1) is 19.3. The van der Waals surface area contributed by atoms with Gasteiger partial charge in [-0.25, -0.2) is 0 Å². The molecule has 6 heteroatoms. The van der Waals surface area contributed by atoms with Gasteiger partial charge < -0.3 is 10.2 Å². The van der Waals surface area contributed by atoms with Crippen LogP contribution in [0.15, 0.2) is 42.5 Å². The number of piperazine rings is 1. The van der Waals surface area contributed by atoms with E-state index in [-0.39, 0.29) is 11.8 Å². The van der Waals surface area contributed by atoms with Crippen molar-refractivity contribution in [1.82, 2.24) is 20.0 Å². The highest BCUT2D eigenvalue weighted by Crippen LogP contribution is 2.18. The quantitative estimate of drug-likeness (QED) is 0.831. The smallest absolute Gasteiger partial charge is 0.236 e. The number of rotatable bonds is 6. The van der Waals surface area contributed by atoms with E-state index in [1.54, 1.807) is 19.0 Å².